The molecule has 0 amide bonds. The number of hydrogen-bond acceptors (Lipinski definition) is 6. The Labute approximate surface area is 171 Å². The van der Waals surface area contributed by atoms with Gasteiger partial charge in [0.15, 0.2) is 0 Å². The highest BCUT2D eigenvalue weighted by atomic mass is 16.5. The minimum absolute atomic E-state index is 0.277. The van der Waals surface area contributed by atoms with Gasteiger partial charge in [0.1, 0.15) is 23.0 Å². The first kappa shape index (κ1) is 19.5. The molecule has 0 spiro atoms. The number of ether oxygens (including phenoxy) is 2. The van der Waals surface area contributed by atoms with Crippen molar-refractivity contribution in [3.8, 4) is 22.8 Å². The van der Waals surface area contributed by atoms with E-state index in [4.69, 9.17) is 14.0 Å². The summed E-state index contributed by atoms with van der Waals surface area (Å²) in [6, 6.07) is 8.19. The summed E-state index contributed by atoms with van der Waals surface area (Å²) < 4.78 is 16.5. The number of benzene rings is 1. The molecule has 3 heterocycles. The molecule has 0 aliphatic carbocycles. The third-order valence-corrected chi connectivity index (χ3v) is 5.55. The van der Waals surface area contributed by atoms with Crippen LogP contribution in [0.3, 0.4) is 0 Å². The maximum Gasteiger partial charge on any atom is 0.137 e. The Kier molecular flexibility index (Phi) is 5.85. The minimum atomic E-state index is 0.277. The van der Waals surface area contributed by atoms with E-state index in [9.17, 15) is 0 Å². The van der Waals surface area contributed by atoms with E-state index < -0.39 is 0 Å². The third-order valence-electron chi connectivity index (χ3n) is 5.55. The normalized spacial score (nSPS) is 17.0. The first-order valence-corrected chi connectivity index (χ1v) is 10.2. The predicted octanol–water partition coefficient (Wildman–Crippen LogP) is 4.37. The molecular weight excluding hydrogens is 368 g/mol. The second-order valence-corrected chi connectivity index (χ2v) is 7.43. The van der Waals surface area contributed by atoms with Crippen LogP contribution in [-0.2, 0) is 13.0 Å². The Bertz CT molecular complexity index is 949. The standard InChI is InChI=1S/C22H28N4O3/c1-4-6-17-12-19(25-29-17)20-7-5-10-26(20)14-15-13-23-24-22(15)18-11-16(27-2)8-9-21(18)28-3/h8-9,11-13,20H,4-7,10,14H2,1-3H3,(H,23,24)/t20-/m0/s1. The number of nitrogens with one attached hydrogen (secondary N) is 1. The van der Waals surface area contributed by atoms with Crippen LogP contribution in [0.1, 0.15) is 49.2 Å². The maximum atomic E-state index is 5.57. The van der Waals surface area contributed by atoms with E-state index in [0.29, 0.717) is 0 Å². The van der Waals surface area contributed by atoms with Crippen LogP contribution in [0, 0.1) is 0 Å². The summed E-state index contributed by atoms with van der Waals surface area (Å²) in [5.41, 5.74) is 4.07. The number of methoxy groups -OCH3 is 2. The average molecular weight is 396 g/mol. The molecule has 0 radical (unpaired) electrons. The van der Waals surface area contributed by atoms with Gasteiger partial charge in [-0.1, -0.05) is 12.1 Å². The summed E-state index contributed by atoms with van der Waals surface area (Å²) in [4.78, 5) is 2.45. The molecule has 0 unspecified atom stereocenters. The highest BCUT2D eigenvalue weighted by Crippen LogP contribution is 2.37. The molecule has 1 aliphatic heterocycles. The zero-order valence-corrected chi connectivity index (χ0v) is 17.3. The minimum Gasteiger partial charge on any atom is -0.497 e. The quantitative estimate of drug-likeness (QED) is 0.609. The largest absolute Gasteiger partial charge is 0.497 e. The van der Waals surface area contributed by atoms with Gasteiger partial charge in [-0.3, -0.25) is 10.00 Å². The van der Waals surface area contributed by atoms with Crippen molar-refractivity contribution in [2.75, 3.05) is 20.8 Å². The Balaban J connectivity index is 1.59. The van der Waals surface area contributed by atoms with Gasteiger partial charge in [-0.15, -0.1) is 0 Å². The summed E-state index contributed by atoms with van der Waals surface area (Å²) in [7, 11) is 3.34. The number of rotatable bonds is 8. The van der Waals surface area contributed by atoms with E-state index in [-0.39, 0.29) is 6.04 Å². The molecule has 1 N–H and O–H groups in total. The summed E-state index contributed by atoms with van der Waals surface area (Å²) >= 11 is 0. The van der Waals surface area contributed by atoms with Gasteiger partial charge < -0.3 is 14.0 Å². The number of aromatic amines is 1. The van der Waals surface area contributed by atoms with Crippen molar-refractivity contribution >= 4 is 0 Å². The molecule has 4 rings (SSSR count). The van der Waals surface area contributed by atoms with Gasteiger partial charge in [-0.05, 0) is 44.0 Å². The number of aryl methyl sites for hydroxylation is 1. The monoisotopic (exact) mass is 396 g/mol. The van der Waals surface area contributed by atoms with Gasteiger partial charge in [-0.25, -0.2) is 0 Å². The van der Waals surface area contributed by atoms with Crippen LogP contribution in [0.5, 0.6) is 11.5 Å². The number of aromatic nitrogens is 3. The van der Waals surface area contributed by atoms with E-state index in [2.05, 4.69) is 33.2 Å². The molecule has 1 aliphatic rings. The van der Waals surface area contributed by atoms with E-state index >= 15 is 0 Å². The third kappa shape index (κ3) is 4.00. The van der Waals surface area contributed by atoms with Gasteiger partial charge in [0.25, 0.3) is 0 Å². The molecule has 7 heteroatoms. The smallest absolute Gasteiger partial charge is 0.137 e. The highest BCUT2D eigenvalue weighted by Gasteiger charge is 2.30. The van der Waals surface area contributed by atoms with Gasteiger partial charge in [0, 0.05) is 30.2 Å². The SMILES string of the molecule is CCCc1cc([C@@H]2CCCN2Cc2cn[nH]c2-c2cc(OC)ccc2OC)no1. The second kappa shape index (κ2) is 8.69. The zero-order chi connectivity index (χ0) is 20.2. The van der Waals surface area contributed by atoms with Gasteiger partial charge in [0.2, 0.25) is 0 Å². The van der Waals surface area contributed by atoms with Crippen molar-refractivity contribution in [3.05, 3.63) is 47.5 Å². The lowest BCUT2D eigenvalue weighted by Crippen LogP contribution is -2.23. The van der Waals surface area contributed by atoms with Crippen molar-refractivity contribution in [2.24, 2.45) is 0 Å². The zero-order valence-electron chi connectivity index (χ0n) is 17.3. The van der Waals surface area contributed by atoms with E-state index in [0.717, 1.165) is 78.5 Å². The highest BCUT2D eigenvalue weighted by molar-refractivity contribution is 5.71. The van der Waals surface area contributed by atoms with Crippen LogP contribution >= 0.6 is 0 Å². The molecule has 3 aromatic rings. The molecule has 154 valence electrons. The van der Waals surface area contributed by atoms with Crippen LogP contribution in [0.4, 0.5) is 0 Å². The second-order valence-electron chi connectivity index (χ2n) is 7.43. The molecule has 7 nitrogen and oxygen atoms in total. The Morgan fingerprint density at radius 3 is 2.93 bits per heavy atom. The summed E-state index contributed by atoms with van der Waals surface area (Å²) in [6.07, 6.45) is 6.13. The number of hydrogen-bond donors (Lipinski definition) is 1. The van der Waals surface area contributed by atoms with Gasteiger partial charge in [-0.2, -0.15) is 5.10 Å². The van der Waals surface area contributed by atoms with Crippen LogP contribution in [-0.4, -0.2) is 41.0 Å². The van der Waals surface area contributed by atoms with Crippen molar-refractivity contribution in [3.63, 3.8) is 0 Å². The Morgan fingerprint density at radius 2 is 2.14 bits per heavy atom. The summed E-state index contributed by atoms with van der Waals surface area (Å²) in [5, 5.41) is 11.8. The van der Waals surface area contributed by atoms with Crippen LogP contribution in [0.15, 0.2) is 35.0 Å². The molecule has 0 saturated carbocycles. The van der Waals surface area contributed by atoms with Crippen LogP contribution in [0.25, 0.3) is 11.3 Å². The molecule has 1 fully saturated rings. The van der Waals surface area contributed by atoms with E-state index in [1.54, 1.807) is 14.2 Å². The molecule has 1 atom stereocenters. The average Bonchev–Trinajstić information content (AvgIpc) is 3.49. The molecule has 1 aromatic carbocycles. The lowest BCUT2D eigenvalue weighted by molar-refractivity contribution is 0.236. The fraction of sp³-hybridized carbons (Fsp3) is 0.455. The lowest BCUT2D eigenvalue weighted by Gasteiger charge is -2.22. The summed E-state index contributed by atoms with van der Waals surface area (Å²) in [6.45, 7) is 3.96. The number of likely N-dealkylation sites (tertiary alicyclic amines) is 1. The van der Waals surface area contributed by atoms with E-state index in [1.807, 2.05) is 24.4 Å². The maximum absolute atomic E-state index is 5.57. The van der Waals surface area contributed by atoms with Crippen molar-refractivity contribution in [1.29, 1.82) is 0 Å². The molecule has 29 heavy (non-hydrogen) atoms. The lowest BCUT2D eigenvalue weighted by atomic mass is 10.1. The van der Waals surface area contributed by atoms with E-state index in [1.165, 1.54) is 0 Å². The Hall–Kier alpha value is -2.80. The fourth-order valence-corrected chi connectivity index (χ4v) is 4.09. The molecular formula is C22H28N4O3. The summed E-state index contributed by atoms with van der Waals surface area (Å²) in [5.74, 6) is 2.54. The first-order valence-electron chi connectivity index (χ1n) is 10.2. The fourth-order valence-electron chi connectivity index (χ4n) is 4.09. The topological polar surface area (TPSA) is 76.4 Å². The molecule has 2 aromatic heterocycles. The van der Waals surface area contributed by atoms with Gasteiger partial charge >= 0.3 is 0 Å². The van der Waals surface area contributed by atoms with Crippen molar-refractivity contribution in [2.45, 2.75) is 45.2 Å². The van der Waals surface area contributed by atoms with Crippen molar-refractivity contribution in [1.82, 2.24) is 20.3 Å². The number of H-pyrrole nitrogens is 1. The number of nitrogens with zero attached hydrogens (tertiary/aromatic N) is 3. The predicted molar refractivity (Wildman–Crippen MR) is 110 cm³/mol. The Morgan fingerprint density at radius 1 is 1.24 bits per heavy atom. The van der Waals surface area contributed by atoms with Crippen LogP contribution in [0.2, 0.25) is 0 Å². The van der Waals surface area contributed by atoms with Crippen molar-refractivity contribution < 1.29 is 14.0 Å². The first-order chi connectivity index (χ1) is 14.2. The van der Waals surface area contributed by atoms with Gasteiger partial charge in [0.05, 0.1) is 32.2 Å². The molecule has 0 bridgehead atoms. The van der Waals surface area contributed by atoms with Crippen LogP contribution < -0.4 is 9.47 Å². The molecule has 1 saturated heterocycles.